The smallest absolute Gasteiger partial charge is 0.281 e. The van der Waals surface area contributed by atoms with Crippen LogP contribution in [-0.4, -0.2) is 16.0 Å². The van der Waals surface area contributed by atoms with Gasteiger partial charge in [0.2, 0.25) is 0 Å². The molecule has 0 bridgehead atoms. The van der Waals surface area contributed by atoms with Crippen molar-refractivity contribution in [3.63, 3.8) is 0 Å². The lowest BCUT2D eigenvalue weighted by molar-refractivity contribution is -0.384. The Labute approximate surface area is 178 Å². The average Bonchev–Trinajstić information content (AvgIpc) is 3.30. The number of aliphatic imine (C=N–C) groups is 1. The first-order valence-corrected chi connectivity index (χ1v) is 9.68. The second kappa shape index (κ2) is 8.13. The molecule has 150 valence electrons. The van der Waals surface area contributed by atoms with Crippen molar-refractivity contribution >= 4 is 51.9 Å². The van der Waals surface area contributed by atoms with Crippen LogP contribution in [0, 0.1) is 15.9 Å². The number of halogens is 2. The second-order valence-corrected chi connectivity index (χ2v) is 7.55. The van der Waals surface area contributed by atoms with Gasteiger partial charge in [-0.3, -0.25) is 14.9 Å². The summed E-state index contributed by atoms with van der Waals surface area (Å²) >= 11 is 6.94. The van der Waals surface area contributed by atoms with Gasteiger partial charge < -0.3 is 9.73 Å². The molecular formula is C20H11ClFN3O4S. The molecule has 1 aliphatic heterocycles. The molecule has 1 aliphatic rings. The Morgan fingerprint density at radius 1 is 1.17 bits per heavy atom. The lowest BCUT2D eigenvalue weighted by atomic mass is 10.1. The number of nitro benzene ring substituents is 1. The van der Waals surface area contributed by atoms with Gasteiger partial charge in [0.15, 0.2) is 5.17 Å². The summed E-state index contributed by atoms with van der Waals surface area (Å²) < 4.78 is 18.7. The molecule has 10 heteroatoms. The number of thioether (sulfide) groups is 1. The van der Waals surface area contributed by atoms with Crippen molar-refractivity contribution in [2.45, 2.75) is 0 Å². The standard InChI is InChI=1S/C20H11ClFN3O4S/c21-11-1-7-15(16(9-11)25(27)28)17-8-6-14(29-17)10-18-19(26)24-20(30-18)23-13-4-2-12(22)3-5-13/h1-10H,(H,23,24,26)/b18-10+. The molecule has 1 amide bonds. The van der Waals surface area contributed by atoms with Crippen LogP contribution in [0.2, 0.25) is 5.02 Å². The van der Waals surface area contributed by atoms with E-state index in [1.54, 1.807) is 12.1 Å². The van der Waals surface area contributed by atoms with Crippen molar-refractivity contribution in [3.8, 4) is 11.3 Å². The summed E-state index contributed by atoms with van der Waals surface area (Å²) in [6, 6.07) is 13.0. The number of furan rings is 1. The van der Waals surface area contributed by atoms with Crippen molar-refractivity contribution in [2.75, 3.05) is 0 Å². The number of benzene rings is 2. The predicted octanol–water partition coefficient (Wildman–Crippen LogP) is 5.54. The second-order valence-electron chi connectivity index (χ2n) is 6.08. The Kier molecular flexibility index (Phi) is 5.39. The molecule has 30 heavy (non-hydrogen) atoms. The Hall–Kier alpha value is -3.43. The summed E-state index contributed by atoms with van der Waals surface area (Å²) in [4.78, 5) is 27.5. The van der Waals surface area contributed by atoms with Crippen LogP contribution in [0.5, 0.6) is 0 Å². The third-order valence-corrected chi connectivity index (χ3v) is 5.18. The highest BCUT2D eigenvalue weighted by atomic mass is 35.5. The normalized spacial score (nSPS) is 16.3. The number of hydrogen-bond acceptors (Lipinski definition) is 6. The molecular weight excluding hydrogens is 433 g/mol. The SMILES string of the molecule is O=C1NC(=Nc2ccc(F)cc2)S/C1=C/c1ccc(-c2ccc(Cl)cc2[N+](=O)[O-])o1. The molecule has 1 N–H and O–H groups in total. The molecule has 3 aromatic rings. The average molecular weight is 444 g/mol. The molecule has 1 aromatic heterocycles. The first-order valence-electron chi connectivity index (χ1n) is 8.48. The van der Waals surface area contributed by atoms with Gasteiger partial charge in [0.05, 0.1) is 21.1 Å². The van der Waals surface area contributed by atoms with Crippen LogP contribution in [0.4, 0.5) is 15.8 Å². The Bertz CT molecular complexity index is 1220. The van der Waals surface area contributed by atoms with E-state index in [0.29, 0.717) is 21.5 Å². The minimum atomic E-state index is -0.541. The number of hydrogen-bond donors (Lipinski definition) is 1. The summed E-state index contributed by atoms with van der Waals surface area (Å²) in [6.07, 6.45) is 1.51. The van der Waals surface area contributed by atoms with Crippen LogP contribution >= 0.6 is 23.4 Å². The number of amidine groups is 1. The molecule has 0 aliphatic carbocycles. The molecule has 0 spiro atoms. The quantitative estimate of drug-likeness (QED) is 0.324. The fourth-order valence-electron chi connectivity index (χ4n) is 2.68. The summed E-state index contributed by atoms with van der Waals surface area (Å²) in [7, 11) is 0. The topological polar surface area (TPSA) is 97.7 Å². The summed E-state index contributed by atoms with van der Waals surface area (Å²) in [5, 5.41) is 14.5. The van der Waals surface area contributed by atoms with Crippen molar-refractivity contribution < 1.29 is 18.5 Å². The first-order chi connectivity index (χ1) is 14.4. The van der Waals surface area contributed by atoms with E-state index in [1.807, 2.05) is 0 Å². The van der Waals surface area contributed by atoms with E-state index in [4.69, 9.17) is 16.0 Å². The van der Waals surface area contributed by atoms with Crippen molar-refractivity contribution in [2.24, 2.45) is 4.99 Å². The van der Waals surface area contributed by atoms with E-state index >= 15 is 0 Å². The van der Waals surface area contributed by atoms with Gasteiger partial charge in [0.1, 0.15) is 17.3 Å². The molecule has 0 unspecified atom stereocenters. The first kappa shape index (κ1) is 19.9. The van der Waals surface area contributed by atoms with Gasteiger partial charge in [-0.2, -0.15) is 0 Å². The fraction of sp³-hybridized carbons (Fsp3) is 0. The number of carbonyl (C=O) groups excluding carboxylic acids is 1. The monoisotopic (exact) mass is 443 g/mol. The minimum Gasteiger partial charge on any atom is -0.456 e. The number of rotatable bonds is 4. The largest absolute Gasteiger partial charge is 0.456 e. The van der Waals surface area contributed by atoms with Crippen LogP contribution in [-0.2, 0) is 4.79 Å². The van der Waals surface area contributed by atoms with Gasteiger partial charge in [0, 0.05) is 17.2 Å². The van der Waals surface area contributed by atoms with Gasteiger partial charge in [-0.25, -0.2) is 9.38 Å². The molecule has 2 aromatic carbocycles. The lowest BCUT2D eigenvalue weighted by Crippen LogP contribution is -2.19. The maximum Gasteiger partial charge on any atom is 0.281 e. The number of carbonyl (C=O) groups is 1. The van der Waals surface area contributed by atoms with Crippen LogP contribution in [0.25, 0.3) is 17.4 Å². The third kappa shape index (κ3) is 4.27. The molecule has 7 nitrogen and oxygen atoms in total. The molecule has 1 saturated heterocycles. The van der Waals surface area contributed by atoms with Gasteiger partial charge in [0.25, 0.3) is 11.6 Å². The summed E-state index contributed by atoms with van der Waals surface area (Å²) in [5.41, 5.74) is 0.588. The van der Waals surface area contributed by atoms with E-state index in [1.165, 1.54) is 48.5 Å². The lowest BCUT2D eigenvalue weighted by Gasteiger charge is -2.00. The molecule has 1 fully saturated rings. The van der Waals surface area contributed by atoms with Gasteiger partial charge in [-0.15, -0.1) is 0 Å². The fourth-order valence-corrected chi connectivity index (χ4v) is 3.67. The van der Waals surface area contributed by atoms with Crippen LogP contribution in [0.15, 0.2) is 68.9 Å². The van der Waals surface area contributed by atoms with Crippen LogP contribution in [0.3, 0.4) is 0 Å². The zero-order valence-corrected chi connectivity index (χ0v) is 16.5. The summed E-state index contributed by atoms with van der Waals surface area (Å²) in [6.45, 7) is 0. The Balaban J connectivity index is 1.58. The van der Waals surface area contributed by atoms with E-state index in [-0.39, 0.29) is 33.8 Å². The van der Waals surface area contributed by atoms with Crippen LogP contribution in [0.1, 0.15) is 5.76 Å². The van der Waals surface area contributed by atoms with Crippen molar-refractivity contribution in [1.29, 1.82) is 0 Å². The highest BCUT2D eigenvalue weighted by Gasteiger charge is 2.25. The van der Waals surface area contributed by atoms with Crippen molar-refractivity contribution in [3.05, 3.63) is 86.2 Å². The number of nitro groups is 1. The van der Waals surface area contributed by atoms with Gasteiger partial charge >= 0.3 is 0 Å². The van der Waals surface area contributed by atoms with E-state index in [0.717, 1.165) is 11.8 Å². The van der Waals surface area contributed by atoms with Gasteiger partial charge in [-0.05, 0) is 60.3 Å². The molecule has 2 heterocycles. The zero-order valence-electron chi connectivity index (χ0n) is 15.0. The highest BCUT2D eigenvalue weighted by Crippen LogP contribution is 2.35. The maximum atomic E-state index is 13.0. The molecule has 0 atom stereocenters. The minimum absolute atomic E-state index is 0.183. The zero-order chi connectivity index (χ0) is 21.3. The number of amides is 1. The van der Waals surface area contributed by atoms with Crippen LogP contribution < -0.4 is 5.32 Å². The molecule has 0 saturated carbocycles. The number of nitrogens with one attached hydrogen (secondary N) is 1. The van der Waals surface area contributed by atoms with Gasteiger partial charge in [-0.1, -0.05) is 11.6 Å². The molecule has 0 radical (unpaired) electrons. The van der Waals surface area contributed by atoms with E-state index in [9.17, 15) is 19.3 Å². The third-order valence-electron chi connectivity index (χ3n) is 4.03. The summed E-state index contributed by atoms with van der Waals surface area (Å²) in [5.74, 6) is -0.128. The maximum absolute atomic E-state index is 13.0. The Morgan fingerprint density at radius 2 is 1.93 bits per heavy atom. The highest BCUT2D eigenvalue weighted by molar-refractivity contribution is 8.18. The van der Waals surface area contributed by atoms with E-state index in [2.05, 4.69) is 10.3 Å². The Morgan fingerprint density at radius 3 is 2.67 bits per heavy atom. The van der Waals surface area contributed by atoms with E-state index < -0.39 is 4.92 Å². The van der Waals surface area contributed by atoms with Crippen molar-refractivity contribution in [1.82, 2.24) is 5.32 Å². The molecule has 4 rings (SSSR count). The number of nitrogens with zero attached hydrogens (tertiary/aromatic N) is 2. The predicted molar refractivity (Wildman–Crippen MR) is 113 cm³/mol.